The summed E-state index contributed by atoms with van der Waals surface area (Å²) in [5.74, 6) is -0.123. The quantitative estimate of drug-likeness (QED) is 0.928. The zero-order valence-corrected chi connectivity index (χ0v) is 12.5. The predicted octanol–water partition coefficient (Wildman–Crippen LogP) is 2.62. The molecule has 1 aliphatic rings. The number of hydrogen-bond donors (Lipinski definition) is 1. The largest absolute Gasteiger partial charge is 0.350 e. The molecule has 0 unspecified atom stereocenters. The molecule has 20 heavy (non-hydrogen) atoms. The Labute approximate surface area is 128 Å². The predicted molar refractivity (Wildman–Crippen MR) is 78.7 cm³/mol. The smallest absolute Gasteiger partial charge is 0.239 e. The van der Waals surface area contributed by atoms with Crippen molar-refractivity contribution in [2.45, 2.75) is 25.8 Å². The van der Waals surface area contributed by atoms with E-state index in [1.54, 1.807) is 23.1 Å². The van der Waals surface area contributed by atoms with Gasteiger partial charge in [-0.3, -0.25) is 9.59 Å². The second kappa shape index (κ2) is 6.95. The first-order valence-electron chi connectivity index (χ1n) is 6.54. The van der Waals surface area contributed by atoms with Gasteiger partial charge in [-0.2, -0.15) is 0 Å². The number of nitrogens with one attached hydrogen (secondary N) is 1. The average Bonchev–Trinajstić information content (AvgIpc) is 2.40. The maximum Gasteiger partial charge on any atom is 0.239 e. The highest BCUT2D eigenvalue weighted by atomic mass is 35.5. The molecular weight excluding hydrogens is 299 g/mol. The Morgan fingerprint density at radius 2 is 2.10 bits per heavy atom. The fourth-order valence-electron chi connectivity index (χ4n) is 2.12. The maximum atomic E-state index is 11.8. The molecule has 0 spiro atoms. The lowest BCUT2D eigenvalue weighted by molar-refractivity contribution is -0.137. The van der Waals surface area contributed by atoms with Gasteiger partial charge in [0.1, 0.15) is 0 Å². The molecule has 1 N–H and O–H groups in total. The fourth-order valence-corrected chi connectivity index (χ4v) is 2.59. The van der Waals surface area contributed by atoms with Gasteiger partial charge in [0.25, 0.3) is 0 Å². The van der Waals surface area contributed by atoms with Gasteiger partial charge >= 0.3 is 0 Å². The zero-order valence-electron chi connectivity index (χ0n) is 11.0. The van der Waals surface area contributed by atoms with Crippen molar-refractivity contribution in [3.05, 3.63) is 33.8 Å². The van der Waals surface area contributed by atoms with E-state index in [2.05, 4.69) is 5.32 Å². The lowest BCUT2D eigenvalue weighted by Gasteiger charge is -2.26. The van der Waals surface area contributed by atoms with Gasteiger partial charge in [0.05, 0.1) is 6.54 Å². The third kappa shape index (κ3) is 4.12. The Morgan fingerprint density at radius 3 is 2.80 bits per heavy atom. The minimum atomic E-state index is -0.175. The number of nitrogens with zero attached hydrogens (tertiary/aromatic N) is 1. The van der Waals surface area contributed by atoms with Crippen molar-refractivity contribution in [1.29, 1.82) is 0 Å². The van der Waals surface area contributed by atoms with E-state index in [0.717, 1.165) is 18.4 Å². The summed E-state index contributed by atoms with van der Waals surface area (Å²) in [6.45, 7) is 1.11. The van der Waals surface area contributed by atoms with Crippen LogP contribution < -0.4 is 5.32 Å². The number of carbonyl (C=O) groups is 2. The van der Waals surface area contributed by atoms with Gasteiger partial charge in [-0.15, -0.1) is 0 Å². The van der Waals surface area contributed by atoms with E-state index < -0.39 is 0 Å². The van der Waals surface area contributed by atoms with E-state index in [9.17, 15) is 9.59 Å². The minimum Gasteiger partial charge on any atom is -0.350 e. The number of rotatable bonds is 4. The van der Waals surface area contributed by atoms with Crippen molar-refractivity contribution < 1.29 is 9.59 Å². The molecule has 0 saturated carbocycles. The van der Waals surface area contributed by atoms with E-state index >= 15 is 0 Å². The third-order valence-corrected chi connectivity index (χ3v) is 3.83. The molecule has 2 amide bonds. The summed E-state index contributed by atoms with van der Waals surface area (Å²) < 4.78 is 0. The standard InChI is InChI=1S/C14H16Cl2N2O2/c15-11-5-4-10(12(16)7-11)8-17-13(19)9-18-6-2-1-3-14(18)20/h4-5,7H,1-3,6,8-9H2,(H,17,19). The van der Waals surface area contributed by atoms with Crippen molar-refractivity contribution in [1.82, 2.24) is 10.2 Å². The fraction of sp³-hybridized carbons (Fsp3) is 0.429. The SMILES string of the molecule is O=C(CN1CCCCC1=O)NCc1ccc(Cl)cc1Cl. The minimum absolute atomic E-state index is 0.0518. The van der Waals surface area contributed by atoms with Gasteiger partial charge in [0.15, 0.2) is 0 Å². The van der Waals surface area contributed by atoms with Gasteiger partial charge in [0.2, 0.25) is 11.8 Å². The van der Waals surface area contributed by atoms with Crippen LogP contribution in [-0.2, 0) is 16.1 Å². The summed E-state index contributed by atoms with van der Waals surface area (Å²) in [6, 6.07) is 5.14. The Bertz CT molecular complexity index is 520. The van der Waals surface area contributed by atoms with Crippen LogP contribution >= 0.6 is 23.2 Å². The second-order valence-electron chi connectivity index (χ2n) is 4.78. The number of halogens is 2. The molecule has 6 heteroatoms. The highest BCUT2D eigenvalue weighted by Crippen LogP contribution is 2.20. The molecule has 0 aromatic heterocycles. The van der Waals surface area contributed by atoms with Crippen LogP contribution in [0, 0.1) is 0 Å². The summed E-state index contributed by atoms with van der Waals surface area (Å²) in [5, 5.41) is 3.85. The van der Waals surface area contributed by atoms with Crippen LogP contribution in [0.15, 0.2) is 18.2 Å². The monoisotopic (exact) mass is 314 g/mol. The number of likely N-dealkylation sites (tertiary alicyclic amines) is 1. The lowest BCUT2D eigenvalue weighted by atomic mass is 10.1. The molecule has 1 aromatic rings. The summed E-state index contributed by atoms with van der Waals surface area (Å²) >= 11 is 11.8. The summed E-state index contributed by atoms with van der Waals surface area (Å²) in [6.07, 6.45) is 2.41. The van der Waals surface area contributed by atoms with Crippen molar-refractivity contribution in [2.24, 2.45) is 0 Å². The number of hydrogen-bond acceptors (Lipinski definition) is 2. The molecule has 0 atom stereocenters. The van der Waals surface area contributed by atoms with Crippen LogP contribution in [0.2, 0.25) is 10.0 Å². The van der Waals surface area contributed by atoms with Crippen LogP contribution in [0.1, 0.15) is 24.8 Å². The Hall–Kier alpha value is -1.26. The summed E-state index contributed by atoms with van der Waals surface area (Å²) in [7, 11) is 0. The molecule has 1 saturated heterocycles. The number of amides is 2. The summed E-state index contributed by atoms with van der Waals surface area (Å²) in [4.78, 5) is 25.0. The Kier molecular flexibility index (Phi) is 5.26. The molecule has 0 aliphatic carbocycles. The Morgan fingerprint density at radius 1 is 1.30 bits per heavy atom. The first kappa shape index (κ1) is 15.1. The van der Waals surface area contributed by atoms with Crippen molar-refractivity contribution in [3.63, 3.8) is 0 Å². The molecule has 0 radical (unpaired) electrons. The van der Waals surface area contributed by atoms with Crippen LogP contribution in [0.5, 0.6) is 0 Å². The van der Waals surface area contributed by atoms with Gasteiger partial charge in [-0.05, 0) is 30.5 Å². The van der Waals surface area contributed by atoms with E-state index in [4.69, 9.17) is 23.2 Å². The van der Waals surface area contributed by atoms with Crippen LogP contribution in [-0.4, -0.2) is 29.8 Å². The highest BCUT2D eigenvalue weighted by Gasteiger charge is 2.20. The molecular formula is C14H16Cl2N2O2. The normalized spacial score (nSPS) is 15.3. The molecule has 1 aliphatic heterocycles. The first-order chi connectivity index (χ1) is 9.56. The average molecular weight is 315 g/mol. The number of carbonyl (C=O) groups excluding carboxylic acids is 2. The van der Waals surface area contributed by atoms with Crippen LogP contribution in [0.3, 0.4) is 0 Å². The van der Waals surface area contributed by atoms with E-state index in [0.29, 0.717) is 29.6 Å². The number of piperidine rings is 1. The highest BCUT2D eigenvalue weighted by molar-refractivity contribution is 6.35. The summed E-state index contributed by atoms with van der Waals surface area (Å²) in [5.41, 5.74) is 0.800. The first-order valence-corrected chi connectivity index (χ1v) is 7.30. The molecule has 1 aromatic carbocycles. The topological polar surface area (TPSA) is 49.4 Å². The van der Waals surface area contributed by atoms with Gasteiger partial charge in [0, 0.05) is 29.6 Å². The van der Waals surface area contributed by atoms with Crippen molar-refractivity contribution in [2.75, 3.05) is 13.1 Å². The molecule has 2 rings (SSSR count). The number of benzene rings is 1. The van der Waals surface area contributed by atoms with Gasteiger partial charge in [-0.1, -0.05) is 29.3 Å². The van der Waals surface area contributed by atoms with Crippen LogP contribution in [0.4, 0.5) is 0 Å². The van der Waals surface area contributed by atoms with Crippen LogP contribution in [0.25, 0.3) is 0 Å². The Balaban J connectivity index is 1.84. The van der Waals surface area contributed by atoms with E-state index in [1.165, 1.54) is 0 Å². The van der Waals surface area contributed by atoms with E-state index in [-0.39, 0.29) is 18.4 Å². The molecule has 0 bridgehead atoms. The van der Waals surface area contributed by atoms with Crippen molar-refractivity contribution in [3.8, 4) is 0 Å². The second-order valence-corrected chi connectivity index (χ2v) is 5.63. The molecule has 108 valence electrons. The molecule has 1 heterocycles. The third-order valence-electron chi connectivity index (χ3n) is 3.25. The van der Waals surface area contributed by atoms with E-state index in [1.807, 2.05) is 0 Å². The lowest BCUT2D eigenvalue weighted by Crippen LogP contribution is -2.42. The van der Waals surface area contributed by atoms with Gasteiger partial charge in [-0.25, -0.2) is 0 Å². The van der Waals surface area contributed by atoms with Gasteiger partial charge < -0.3 is 10.2 Å². The molecule has 1 fully saturated rings. The maximum absolute atomic E-state index is 11.8. The molecule has 4 nitrogen and oxygen atoms in total. The zero-order chi connectivity index (χ0) is 14.5. The van der Waals surface area contributed by atoms with Crippen molar-refractivity contribution >= 4 is 35.0 Å².